The van der Waals surface area contributed by atoms with Crippen molar-refractivity contribution in [1.82, 2.24) is 19.8 Å². The molecule has 0 bridgehead atoms. The summed E-state index contributed by atoms with van der Waals surface area (Å²) in [5.41, 5.74) is 0.773. The van der Waals surface area contributed by atoms with E-state index < -0.39 is 10.0 Å². The zero-order valence-corrected chi connectivity index (χ0v) is 16.7. The number of rotatable bonds is 7. The van der Waals surface area contributed by atoms with Crippen LogP contribution in [0.25, 0.3) is 11.4 Å². The summed E-state index contributed by atoms with van der Waals surface area (Å²) in [4.78, 5) is 16.7. The van der Waals surface area contributed by atoms with Crippen molar-refractivity contribution in [3.8, 4) is 17.1 Å². The van der Waals surface area contributed by atoms with E-state index in [-0.39, 0.29) is 36.6 Å². The number of piperidine rings is 1. The number of methoxy groups -OCH3 is 1. The second kappa shape index (κ2) is 8.70. The van der Waals surface area contributed by atoms with Gasteiger partial charge in [0, 0.05) is 18.7 Å². The van der Waals surface area contributed by atoms with Gasteiger partial charge in [0.15, 0.2) is 0 Å². The van der Waals surface area contributed by atoms with Crippen LogP contribution < -0.4 is 10.1 Å². The molecule has 1 fully saturated rings. The van der Waals surface area contributed by atoms with Gasteiger partial charge in [-0.3, -0.25) is 4.79 Å². The number of hydrogen-bond acceptors (Lipinski definition) is 7. The van der Waals surface area contributed by atoms with Crippen LogP contribution in [-0.4, -0.2) is 54.7 Å². The van der Waals surface area contributed by atoms with E-state index >= 15 is 0 Å². The van der Waals surface area contributed by atoms with Crippen molar-refractivity contribution in [3.05, 3.63) is 30.2 Å². The number of benzene rings is 1. The van der Waals surface area contributed by atoms with Gasteiger partial charge in [0.2, 0.25) is 27.6 Å². The second-order valence-electron chi connectivity index (χ2n) is 6.56. The van der Waals surface area contributed by atoms with Gasteiger partial charge < -0.3 is 14.6 Å². The highest BCUT2D eigenvalue weighted by Gasteiger charge is 2.31. The predicted octanol–water partition coefficient (Wildman–Crippen LogP) is 1.42. The van der Waals surface area contributed by atoms with E-state index in [1.54, 1.807) is 26.2 Å². The smallest absolute Gasteiger partial charge is 0.246 e. The van der Waals surface area contributed by atoms with Gasteiger partial charge >= 0.3 is 0 Å². The maximum absolute atomic E-state index is 12.4. The summed E-state index contributed by atoms with van der Waals surface area (Å²) in [6, 6.07) is 7.23. The predicted molar refractivity (Wildman–Crippen MR) is 102 cm³/mol. The molecule has 0 saturated carbocycles. The van der Waals surface area contributed by atoms with E-state index in [1.807, 2.05) is 12.1 Å². The maximum Gasteiger partial charge on any atom is 0.246 e. The first kappa shape index (κ1) is 20.3. The molecule has 0 radical (unpaired) electrons. The van der Waals surface area contributed by atoms with Crippen LogP contribution >= 0.6 is 0 Å². The van der Waals surface area contributed by atoms with Gasteiger partial charge in [0.05, 0.1) is 25.3 Å². The molecule has 0 aliphatic carbocycles. The summed E-state index contributed by atoms with van der Waals surface area (Å²) in [7, 11) is -1.69. The Balaban J connectivity index is 1.57. The second-order valence-corrected chi connectivity index (χ2v) is 8.81. The molecule has 1 atom stereocenters. The molecule has 152 valence electrons. The van der Waals surface area contributed by atoms with E-state index in [1.165, 1.54) is 4.31 Å². The number of ether oxygens (including phenoxy) is 1. The Hall–Kier alpha value is -2.46. The summed E-state index contributed by atoms with van der Waals surface area (Å²) in [6.07, 6.45) is 1.32. The zero-order valence-electron chi connectivity index (χ0n) is 15.9. The van der Waals surface area contributed by atoms with Crippen LogP contribution in [0.5, 0.6) is 5.75 Å². The fourth-order valence-corrected chi connectivity index (χ4v) is 4.26. The van der Waals surface area contributed by atoms with Crippen molar-refractivity contribution >= 4 is 15.9 Å². The standard InChI is InChI=1S/C18H24N4O5S/c1-3-28(24,25)22-10-4-5-14(12-22)18(23)19-11-16-20-17(21-27-16)13-6-8-15(26-2)9-7-13/h6-9,14H,3-5,10-12H2,1-2H3,(H,19,23). The van der Waals surface area contributed by atoms with E-state index in [4.69, 9.17) is 9.26 Å². The van der Waals surface area contributed by atoms with Gasteiger partial charge in [-0.05, 0) is 44.0 Å². The molecule has 2 heterocycles. The highest BCUT2D eigenvalue weighted by atomic mass is 32.2. The van der Waals surface area contributed by atoms with Gasteiger partial charge in [0.1, 0.15) is 5.75 Å². The summed E-state index contributed by atoms with van der Waals surface area (Å²) < 4.78 is 35.8. The number of carbonyl (C=O) groups excluding carboxylic acids is 1. The summed E-state index contributed by atoms with van der Waals surface area (Å²) in [5.74, 6) is 0.890. The Labute approximate surface area is 164 Å². The normalized spacial score (nSPS) is 18.0. The molecule has 3 rings (SSSR count). The molecule has 1 aliphatic heterocycles. The van der Waals surface area contributed by atoms with Crippen LogP contribution in [0.1, 0.15) is 25.7 Å². The minimum Gasteiger partial charge on any atom is -0.497 e. The molecule has 1 amide bonds. The average Bonchev–Trinajstić information content (AvgIpc) is 3.21. The van der Waals surface area contributed by atoms with Crippen molar-refractivity contribution in [3.63, 3.8) is 0 Å². The fraction of sp³-hybridized carbons (Fsp3) is 0.500. The third-order valence-electron chi connectivity index (χ3n) is 4.74. The molecule has 10 heteroatoms. The third-order valence-corrected chi connectivity index (χ3v) is 6.59. The number of hydrogen-bond donors (Lipinski definition) is 1. The molecule has 28 heavy (non-hydrogen) atoms. The summed E-state index contributed by atoms with van der Waals surface area (Å²) in [5, 5.41) is 6.69. The minimum absolute atomic E-state index is 0.0391. The average molecular weight is 408 g/mol. The first-order valence-corrected chi connectivity index (χ1v) is 10.8. The third kappa shape index (κ3) is 4.68. The summed E-state index contributed by atoms with van der Waals surface area (Å²) >= 11 is 0. The highest BCUT2D eigenvalue weighted by molar-refractivity contribution is 7.89. The minimum atomic E-state index is -3.28. The topological polar surface area (TPSA) is 115 Å². The van der Waals surface area contributed by atoms with Gasteiger partial charge in [-0.2, -0.15) is 4.98 Å². The molecule has 0 spiro atoms. The van der Waals surface area contributed by atoms with Crippen molar-refractivity contribution in [2.75, 3.05) is 26.0 Å². The molecule has 1 aliphatic rings. The van der Waals surface area contributed by atoms with Crippen LogP contribution in [0.2, 0.25) is 0 Å². The lowest BCUT2D eigenvalue weighted by Crippen LogP contribution is -2.45. The highest BCUT2D eigenvalue weighted by Crippen LogP contribution is 2.21. The molecule has 1 unspecified atom stereocenters. The van der Waals surface area contributed by atoms with Gasteiger partial charge in [0.25, 0.3) is 0 Å². The Morgan fingerprint density at radius 3 is 2.79 bits per heavy atom. The van der Waals surface area contributed by atoms with Crippen LogP contribution in [0.3, 0.4) is 0 Å². The number of aromatic nitrogens is 2. The van der Waals surface area contributed by atoms with Crippen molar-refractivity contribution in [2.45, 2.75) is 26.3 Å². The number of amides is 1. The zero-order chi connectivity index (χ0) is 20.1. The number of sulfonamides is 1. The maximum atomic E-state index is 12.4. The number of carbonyl (C=O) groups is 1. The molecule has 1 aromatic heterocycles. The van der Waals surface area contributed by atoms with Crippen molar-refractivity contribution in [1.29, 1.82) is 0 Å². The molecule has 1 saturated heterocycles. The molecule has 2 aromatic rings. The largest absolute Gasteiger partial charge is 0.497 e. The Bertz CT molecular complexity index is 910. The lowest BCUT2D eigenvalue weighted by molar-refractivity contribution is -0.126. The SMILES string of the molecule is CCS(=O)(=O)N1CCCC(C(=O)NCc2nc(-c3ccc(OC)cc3)no2)C1. The van der Waals surface area contributed by atoms with Gasteiger partial charge in [-0.15, -0.1) is 0 Å². The Morgan fingerprint density at radius 2 is 2.11 bits per heavy atom. The van der Waals surface area contributed by atoms with E-state index in [0.29, 0.717) is 25.2 Å². The van der Waals surface area contributed by atoms with Gasteiger partial charge in [-0.25, -0.2) is 12.7 Å². The van der Waals surface area contributed by atoms with Crippen LogP contribution in [0.15, 0.2) is 28.8 Å². The molecular formula is C18H24N4O5S. The lowest BCUT2D eigenvalue weighted by Gasteiger charge is -2.30. The van der Waals surface area contributed by atoms with Crippen molar-refractivity contribution < 1.29 is 22.5 Å². The first-order chi connectivity index (χ1) is 13.4. The molecule has 9 nitrogen and oxygen atoms in total. The van der Waals surface area contributed by atoms with E-state index in [0.717, 1.165) is 11.3 Å². The quantitative estimate of drug-likeness (QED) is 0.737. The number of nitrogens with zero attached hydrogens (tertiary/aromatic N) is 3. The van der Waals surface area contributed by atoms with E-state index in [2.05, 4.69) is 15.5 Å². The number of nitrogens with one attached hydrogen (secondary N) is 1. The Kier molecular flexibility index (Phi) is 6.30. The van der Waals surface area contributed by atoms with Crippen LogP contribution in [-0.2, 0) is 21.4 Å². The fourth-order valence-electron chi connectivity index (χ4n) is 3.08. The molecule has 1 aromatic carbocycles. The Morgan fingerprint density at radius 1 is 1.36 bits per heavy atom. The summed E-state index contributed by atoms with van der Waals surface area (Å²) in [6.45, 7) is 2.38. The molecule has 1 N–H and O–H groups in total. The van der Waals surface area contributed by atoms with Gasteiger partial charge in [-0.1, -0.05) is 5.16 Å². The monoisotopic (exact) mass is 408 g/mol. The first-order valence-electron chi connectivity index (χ1n) is 9.15. The van der Waals surface area contributed by atoms with Crippen LogP contribution in [0.4, 0.5) is 0 Å². The molecular weight excluding hydrogens is 384 g/mol. The van der Waals surface area contributed by atoms with E-state index in [9.17, 15) is 13.2 Å². The van der Waals surface area contributed by atoms with Crippen LogP contribution in [0, 0.1) is 5.92 Å². The lowest BCUT2D eigenvalue weighted by atomic mass is 9.99. The van der Waals surface area contributed by atoms with Crippen molar-refractivity contribution in [2.24, 2.45) is 5.92 Å².